The van der Waals surface area contributed by atoms with Crippen LogP contribution >= 0.6 is 0 Å². The summed E-state index contributed by atoms with van der Waals surface area (Å²) in [6.07, 6.45) is 1.76. The summed E-state index contributed by atoms with van der Waals surface area (Å²) in [5.74, 6) is -0.159. The number of nitrogen functional groups attached to an aromatic ring is 1. The fourth-order valence-electron chi connectivity index (χ4n) is 1.54. The van der Waals surface area contributed by atoms with Gasteiger partial charge in [0.15, 0.2) is 0 Å². The van der Waals surface area contributed by atoms with Gasteiger partial charge in [0.1, 0.15) is 11.4 Å². The number of nitrogens with one attached hydrogen (secondary N) is 1. The summed E-state index contributed by atoms with van der Waals surface area (Å²) in [4.78, 5) is 28.7. The van der Waals surface area contributed by atoms with Crippen molar-refractivity contribution in [1.29, 1.82) is 0 Å². The molecule has 0 aliphatic heterocycles. The van der Waals surface area contributed by atoms with E-state index in [9.17, 15) is 9.59 Å². The number of hydrogen-bond acceptors (Lipinski definition) is 6. The predicted molar refractivity (Wildman–Crippen MR) is 71.9 cm³/mol. The lowest BCUT2D eigenvalue weighted by molar-refractivity contribution is -0.120. The molecule has 1 amide bonds. The highest BCUT2D eigenvalue weighted by Gasteiger charge is 2.17. The Morgan fingerprint density at radius 1 is 1.53 bits per heavy atom. The van der Waals surface area contributed by atoms with Gasteiger partial charge in [0.05, 0.1) is 19.0 Å². The molecule has 0 saturated carbocycles. The van der Waals surface area contributed by atoms with Gasteiger partial charge in [-0.25, -0.2) is 9.78 Å². The zero-order valence-corrected chi connectivity index (χ0v) is 11.3. The number of aromatic nitrogens is 1. The van der Waals surface area contributed by atoms with Crippen molar-refractivity contribution in [3.63, 3.8) is 0 Å². The van der Waals surface area contributed by atoms with Crippen molar-refractivity contribution in [2.75, 3.05) is 38.4 Å². The van der Waals surface area contributed by atoms with Crippen LogP contribution in [-0.2, 0) is 9.53 Å². The summed E-state index contributed by atoms with van der Waals surface area (Å²) >= 11 is 0. The van der Waals surface area contributed by atoms with E-state index < -0.39 is 5.97 Å². The number of methoxy groups -OCH3 is 1. The summed E-state index contributed by atoms with van der Waals surface area (Å²) in [7, 11) is 4.61. The summed E-state index contributed by atoms with van der Waals surface area (Å²) in [5.41, 5.74) is 6.27. The van der Waals surface area contributed by atoms with Gasteiger partial charge in [-0.2, -0.15) is 0 Å². The normalized spacial score (nSPS) is 9.84. The molecular weight excluding hydrogens is 248 g/mol. The van der Waals surface area contributed by atoms with Gasteiger partial charge < -0.3 is 20.7 Å². The van der Waals surface area contributed by atoms with Gasteiger partial charge in [-0.1, -0.05) is 0 Å². The second-order valence-corrected chi connectivity index (χ2v) is 3.98. The highest BCUT2D eigenvalue weighted by atomic mass is 16.5. The quantitative estimate of drug-likeness (QED) is 0.729. The first kappa shape index (κ1) is 14.7. The Balaban J connectivity index is 2.92. The molecule has 1 rings (SSSR count). The highest BCUT2D eigenvalue weighted by Crippen LogP contribution is 2.20. The lowest BCUT2D eigenvalue weighted by Gasteiger charge is -2.20. The van der Waals surface area contributed by atoms with Crippen LogP contribution in [0.25, 0.3) is 0 Å². The van der Waals surface area contributed by atoms with Gasteiger partial charge in [-0.15, -0.1) is 0 Å². The van der Waals surface area contributed by atoms with Gasteiger partial charge in [-0.3, -0.25) is 4.79 Å². The van der Waals surface area contributed by atoms with E-state index in [1.807, 2.05) is 0 Å². The lowest BCUT2D eigenvalue weighted by Crippen LogP contribution is -2.28. The zero-order valence-electron chi connectivity index (χ0n) is 11.3. The number of carbonyl (C=O) groups excluding carboxylic acids is 2. The molecule has 7 heteroatoms. The largest absolute Gasteiger partial charge is 0.465 e. The third kappa shape index (κ3) is 3.84. The monoisotopic (exact) mass is 266 g/mol. The van der Waals surface area contributed by atoms with E-state index in [0.717, 1.165) is 0 Å². The van der Waals surface area contributed by atoms with Crippen LogP contribution in [0.2, 0.25) is 0 Å². The van der Waals surface area contributed by atoms with Crippen LogP contribution < -0.4 is 16.0 Å². The van der Waals surface area contributed by atoms with Crippen molar-refractivity contribution in [2.24, 2.45) is 0 Å². The molecule has 3 N–H and O–H groups in total. The van der Waals surface area contributed by atoms with E-state index in [0.29, 0.717) is 24.5 Å². The molecule has 19 heavy (non-hydrogen) atoms. The van der Waals surface area contributed by atoms with E-state index in [2.05, 4.69) is 15.0 Å². The zero-order chi connectivity index (χ0) is 14.4. The van der Waals surface area contributed by atoms with Crippen LogP contribution in [0.15, 0.2) is 12.3 Å². The van der Waals surface area contributed by atoms with E-state index in [4.69, 9.17) is 5.73 Å². The van der Waals surface area contributed by atoms with E-state index in [1.165, 1.54) is 19.4 Å². The first-order valence-corrected chi connectivity index (χ1v) is 5.75. The van der Waals surface area contributed by atoms with Gasteiger partial charge in [-0.05, 0) is 6.07 Å². The molecule has 104 valence electrons. The van der Waals surface area contributed by atoms with Crippen LogP contribution in [0.3, 0.4) is 0 Å². The fraction of sp³-hybridized carbons (Fsp3) is 0.417. The summed E-state index contributed by atoms with van der Waals surface area (Å²) in [6, 6.07) is 1.50. The van der Waals surface area contributed by atoms with Crippen molar-refractivity contribution in [3.8, 4) is 0 Å². The molecule has 1 aromatic heterocycles. The van der Waals surface area contributed by atoms with Crippen LogP contribution in [0.5, 0.6) is 0 Å². The molecule has 0 aliphatic rings. The second kappa shape index (κ2) is 6.58. The van der Waals surface area contributed by atoms with Gasteiger partial charge in [0.25, 0.3) is 0 Å². The molecule has 0 radical (unpaired) electrons. The number of nitrogens with zero attached hydrogens (tertiary/aromatic N) is 2. The molecule has 1 heterocycles. The summed E-state index contributed by atoms with van der Waals surface area (Å²) < 4.78 is 4.69. The van der Waals surface area contributed by atoms with Crippen molar-refractivity contribution in [3.05, 3.63) is 17.8 Å². The third-order valence-electron chi connectivity index (χ3n) is 2.61. The maximum absolute atomic E-state index is 11.7. The second-order valence-electron chi connectivity index (χ2n) is 3.98. The topological polar surface area (TPSA) is 97.5 Å². The average Bonchev–Trinajstić information content (AvgIpc) is 2.43. The number of amides is 1. The summed E-state index contributed by atoms with van der Waals surface area (Å²) in [6.45, 7) is 0.431. The van der Waals surface area contributed by atoms with Gasteiger partial charge >= 0.3 is 5.97 Å². The number of rotatable bonds is 5. The molecule has 1 aromatic rings. The third-order valence-corrected chi connectivity index (χ3v) is 2.61. The Kier molecular flexibility index (Phi) is 5.11. The van der Waals surface area contributed by atoms with Crippen molar-refractivity contribution >= 4 is 23.4 Å². The van der Waals surface area contributed by atoms with Gasteiger partial charge in [0, 0.05) is 27.1 Å². The first-order valence-electron chi connectivity index (χ1n) is 5.75. The van der Waals surface area contributed by atoms with E-state index >= 15 is 0 Å². The maximum Gasteiger partial charge on any atom is 0.341 e. The average molecular weight is 266 g/mol. The summed E-state index contributed by atoms with van der Waals surface area (Å²) in [5, 5.41) is 2.53. The number of ether oxygens (including phenoxy) is 1. The number of carbonyl (C=O) groups is 2. The van der Waals surface area contributed by atoms with Crippen molar-refractivity contribution in [2.45, 2.75) is 6.42 Å². The van der Waals surface area contributed by atoms with Crippen molar-refractivity contribution < 1.29 is 14.3 Å². The molecule has 0 fully saturated rings. The highest BCUT2D eigenvalue weighted by molar-refractivity contribution is 5.95. The molecule has 0 unspecified atom stereocenters. The fourth-order valence-corrected chi connectivity index (χ4v) is 1.54. The number of pyridine rings is 1. The minimum atomic E-state index is -0.512. The van der Waals surface area contributed by atoms with Crippen molar-refractivity contribution in [1.82, 2.24) is 10.3 Å². The number of anilines is 2. The standard InChI is InChI=1S/C12H18N4O3/c1-14-10(17)4-5-16(2)11-9(12(18)19-3)6-8(13)7-15-11/h6-7H,4-5,13H2,1-3H3,(H,14,17). The maximum atomic E-state index is 11.7. The smallest absolute Gasteiger partial charge is 0.341 e. The van der Waals surface area contributed by atoms with E-state index in [1.54, 1.807) is 19.0 Å². The Hall–Kier alpha value is -2.31. The lowest BCUT2D eigenvalue weighted by atomic mass is 10.2. The molecular formula is C12H18N4O3. The molecule has 0 saturated heterocycles. The molecule has 0 spiro atoms. The molecule has 0 aromatic carbocycles. The molecule has 7 nitrogen and oxygen atoms in total. The van der Waals surface area contributed by atoms with Crippen LogP contribution in [0.1, 0.15) is 16.8 Å². The van der Waals surface area contributed by atoms with Crippen LogP contribution in [-0.4, -0.2) is 44.6 Å². The van der Waals surface area contributed by atoms with Crippen LogP contribution in [0, 0.1) is 0 Å². The Morgan fingerprint density at radius 3 is 2.79 bits per heavy atom. The first-order chi connectivity index (χ1) is 8.99. The number of hydrogen-bond donors (Lipinski definition) is 2. The van der Waals surface area contributed by atoms with Gasteiger partial charge in [0.2, 0.25) is 5.91 Å². The Morgan fingerprint density at radius 2 is 2.21 bits per heavy atom. The molecule has 0 bridgehead atoms. The predicted octanol–water partition coefficient (Wildman–Crippen LogP) is 0.0227. The number of esters is 1. The minimum absolute atomic E-state index is 0.0816. The minimum Gasteiger partial charge on any atom is -0.465 e. The molecule has 0 aliphatic carbocycles. The van der Waals surface area contributed by atoms with Crippen LogP contribution in [0.4, 0.5) is 11.5 Å². The Labute approximate surface area is 111 Å². The SMILES string of the molecule is CNC(=O)CCN(C)c1ncc(N)cc1C(=O)OC. The molecule has 0 atom stereocenters. The Bertz CT molecular complexity index is 476. The van der Waals surface area contributed by atoms with E-state index in [-0.39, 0.29) is 11.5 Å². The number of nitrogens with two attached hydrogens (primary N) is 1.